The number of rotatable bonds is 3. The molecule has 2 fully saturated rings. The van der Waals surface area contributed by atoms with Gasteiger partial charge in [-0.3, -0.25) is 0 Å². The smallest absolute Gasteiger partial charge is 0.245 e. The van der Waals surface area contributed by atoms with Gasteiger partial charge in [0.05, 0.1) is 5.69 Å². The number of sulfonamides is 1. The molecule has 3 rings (SSSR count). The molecule has 20 heavy (non-hydrogen) atoms. The van der Waals surface area contributed by atoms with Gasteiger partial charge in [-0.1, -0.05) is 25.0 Å². The Morgan fingerprint density at radius 1 is 1.15 bits per heavy atom. The summed E-state index contributed by atoms with van der Waals surface area (Å²) in [6.45, 7) is 0.676. The summed E-state index contributed by atoms with van der Waals surface area (Å²) in [5.41, 5.74) is 0.687. The minimum absolute atomic E-state index is 0.221. The Morgan fingerprint density at radius 2 is 1.90 bits per heavy atom. The van der Waals surface area contributed by atoms with Gasteiger partial charge in [0.25, 0.3) is 0 Å². The molecule has 0 aromatic heterocycles. The van der Waals surface area contributed by atoms with E-state index < -0.39 is 10.0 Å². The zero-order valence-corrected chi connectivity index (χ0v) is 12.7. The average molecular weight is 294 g/mol. The quantitative estimate of drug-likeness (QED) is 0.932. The summed E-state index contributed by atoms with van der Waals surface area (Å²) in [6.07, 6.45) is 5.63. The van der Waals surface area contributed by atoms with Crippen LogP contribution in [-0.2, 0) is 10.0 Å². The lowest BCUT2D eigenvalue weighted by Gasteiger charge is -2.31. The largest absolute Gasteiger partial charge is 0.387 e. The summed E-state index contributed by atoms with van der Waals surface area (Å²) in [6, 6.07) is 7.40. The van der Waals surface area contributed by atoms with Crippen molar-refractivity contribution >= 4 is 15.7 Å². The van der Waals surface area contributed by atoms with Crippen molar-refractivity contribution in [3.63, 3.8) is 0 Å². The van der Waals surface area contributed by atoms with E-state index in [-0.39, 0.29) is 6.04 Å². The van der Waals surface area contributed by atoms with Crippen LogP contribution in [0.1, 0.15) is 32.1 Å². The van der Waals surface area contributed by atoms with E-state index in [9.17, 15) is 8.42 Å². The first kappa shape index (κ1) is 13.9. The number of anilines is 1. The molecule has 110 valence electrons. The highest BCUT2D eigenvalue weighted by Crippen LogP contribution is 2.40. The second kappa shape index (κ2) is 5.37. The van der Waals surface area contributed by atoms with Crippen molar-refractivity contribution in [2.24, 2.45) is 5.92 Å². The standard InChI is InChI=1S/C15H22N2O2S/c1-16-13-7-3-5-9-15(13)20(18,19)17-11-10-12-6-2-4-8-14(12)17/h3,5,7,9,12,14,16H,2,4,6,8,10-11H2,1H3. The number of nitrogens with zero attached hydrogens (tertiary/aromatic N) is 1. The van der Waals surface area contributed by atoms with Gasteiger partial charge < -0.3 is 5.32 Å². The van der Waals surface area contributed by atoms with E-state index in [1.807, 2.05) is 12.1 Å². The van der Waals surface area contributed by atoms with Crippen LogP contribution < -0.4 is 5.32 Å². The van der Waals surface area contributed by atoms with Gasteiger partial charge >= 0.3 is 0 Å². The number of nitrogens with one attached hydrogen (secondary N) is 1. The Bertz CT molecular complexity index is 585. The van der Waals surface area contributed by atoms with Crippen molar-refractivity contribution in [3.05, 3.63) is 24.3 Å². The highest BCUT2D eigenvalue weighted by Gasteiger charge is 2.42. The van der Waals surface area contributed by atoms with Crippen LogP contribution in [0.3, 0.4) is 0 Å². The molecular weight excluding hydrogens is 272 g/mol. The van der Waals surface area contributed by atoms with Crippen LogP contribution in [0.4, 0.5) is 5.69 Å². The molecule has 1 aromatic carbocycles. The monoisotopic (exact) mass is 294 g/mol. The highest BCUT2D eigenvalue weighted by molar-refractivity contribution is 7.89. The van der Waals surface area contributed by atoms with E-state index in [0.29, 0.717) is 23.0 Å². The van der Waals surface area contributed by atoms with Gasteiger partial charge in [-0.15, -0.1) is 0 Å². The maximum Gasteiger partial charge on any atom is 0.245 e. The van der Waals surface area contributed by atoms with Crippen molar-refractivity contribution in [1.82, 2.24) is 4.31 Å². The topological polar surface area (TPSA) is 49.4 Å². The van der Waals surface area contributed by atoms with Gasteiger partial charge in [-0.25, -0.2) is 8.42 Å². The first-order chi connectivity index (χ1) is 9.64. The molecule has 1 aliphatic carbocycles. The van der Waals surface area contributed by atoms with Crippen LogP contribution in [0.25, 0.3) is 0 Å². The van der Waals surface area contributed by atoms with E-state index >= 15 is 0 Å². The predicted molar refractivity (Wildman–Crippen MR) is 80.2 cm³/mol. The lowest BCUT2D eigenvalue weighted by atomic mass is 9.86. The molecule has 1 aliphatic heterocycles. The van der Waals surface area contributed by atoms with E-state index in [1.165, 1.54) is 12.8 Å². The Hall–Kier alpha value is -1.07. The number of para-hydroxylation sites is 1. The molecule has 2 aliphatic rings. The van der Waals surface area contributed by atoms with Gasteiger partial charge in [0.15, 0.2) is 0 Å². The fraction of sp³-hybridized carbons (Fsp3) is 0.600. The molecule has 5 heteroatoms. The molecule has 1 aromatic rings. The van der Waals surface area contributed by atoms with E-state index in [0.717, 1.165) is 19.3 Å². The molecule has 0 spiro atoms. The maximum atomic E-state index is 13.0. The molecule has 1 saturated heterocycles. The third-order valence-electron chi connectivity index (χ3n) is 4.70. The lowest BCUT2D eigenvalue weighted by Crippen LogP contribution is -2.39. The molecule has 0 radical (unpaired) electrons. The SMILES string of the molecule is CNc1ccccc1S(=O)(=O)N1CCC2CCCCC21. The van der Waals surface area contributed by atoms with Gasteiger partial charge in [0.1, 0.15) is 4.90 Å². The van der Waals surface area contributed by atoms with Gasteiger partial charge in [-0.2, -0.15) is 4.31 Å². The van der Waals surface area contributed by atoms with Crippen molar-refractivity contribution < 1.29 is 8.42 Å². The molecule has 1 saturated carbocycles. The molecule has 1 N–H and O–H groups in total. The third-order valence-corrected chi connectivity index (χ3v) is 6.68. The highest BCUT2D eigenvalue weighted by atomic mass is 32.2. The molecule has 0 bridgehead atoms. The number of fused-ring (bicyclic) bond motifs is 1. The predicted octanol–water partition coefficient (Wildman–Crippen LogP) is 2.68. The summed E-state index contributed by atoms with van der Waals surface area (Å²) in [5.74, 6) is 0.570. The second-order valence-electron chi connectivity index (χ2n) is 5.76. The number of hydrogen-bond donors (Lipinski definition) is 1. The lowest BCUT2D eigenvalue weighted by molar-refractivity contribution is 0.260. The molecule has 2 atom stereocenters. The van der Waals surface area contributed by atoms with Gasteiger partial charge in [0, 0.05) is 19.6 Å². The van der Waals surface area contributed by atoms with Crippen LogP contribution in [-0.4, -0.2) is 32.4 Å². The first-order valence-electron chi connectivity index (χ1n) is 7.43. The van der Waals surface area contributed by atoms with E-state index in [2.05, 4.69) is 5.32 Å². The fourth-order valence-electron chi connectivity index (χ4n) is 3.69. The number of hydrogen-bond acceptors (Lipinski definition) is 3. The van der Waals surface area contributed by atoms with Crippen molar-refractivity contribution in [2.75, 3.05) is 18.9 Å². The van der Waals surface area contributed by atoms with E-state index in [1.54, 1.807) is 23.5 Å². The minimum Gasteiger partial charge on any atom is -0.387 e. The Morgan fingerprint density at radius 3 is 2.70 bits per heavy atom. The fourth-order valence-corrected chi connectivity index (χ4v) is 5.62. The van der Waals surface area contributed by atoms with Crippen LogP contribution in [0.2, 0.25) is 0 Å². The Balaban J connectivity index is 1.96. The molecule has 0 amide bonds. The van der Waals surface area contributed by atoms with E-state index in [4.69, 9.17) is 0 Å². The van der Waals surface area contributed by atoms with Crippen LogP contribution in [0.5, 0.6) is 0 Å². The molecular formula is C15H22N2O2S. The van der Waals surface area contributed by atoms with Crippen molar-refractivity contribution in [1.29, 1.82) is 0 Å². The Labute approximate surface area is 121 Å². The molecule has 2 unspecified atom stereocenters. The average Bonchev–Trinajstić information content (AvgIpc) is 2.92. The number of benzene rings is 1. The first-order valence-corrected chi connectivity index (χ1v) is 8.87. The molecule has 1 heterocycles. The summed E-state index contributed by atoms with van der Waals surface area (Å²) >= 11 is 0. The maximum absolute atomic E-state index is 13.0. The van der Waals surface area contributed by atoms with Crippen molar-refractivity contribution in [2.45, 2.75) is 43.0 Å². The molecule has 4 nitrogen and oxygen atoms in total. The summed E-state index contributed by atoms with van der Waals surface area (Å²) in [7, 11) is -1.62. The Kier molecular flexibility index (Phi) is 3.73. The zero-order valence-electron chi connectivity index (χ0n) is 11.9. The second-order valence-corrected chi connectivity index (χ2v) is 7.62. The van der Waals surface area contributed by atoms with Gasteiger partial charge in [-0.05, 0) is 37.3 Å². The zero-order chi connectivity index (χ0) is 14.2. The van der Waals surface area contributed by atoms with Crippen LogP contribution in [0.15, 0.2) is 29.2 Å². The van der Waals surface area contributed by atoms with Gasteiger partial charge in [0.2, 0.25) is 10.0 Å². The summed E-state index contributed by atoms with van der Waals surface area (Å²) < 4.78 is 27.7. The third kappa shape index (κ3) is 2.23. The van der Waals surface area contributed by atoms with Crippen LogP contribution in [0, 0.1) is 5.92 Å². The summed E-state index contributed by atoms with van der Waals surface area (Å²) in [5, 5.41) is 2.99. The minimum atomic E-state index is -3.38. The van der Waals surface area contributed by atoms with Crippen LogP contribution >= 0.6 is 0 Å². The summed E-state index contributed by atoms with van der Waals surface area (Å²) in [4.78, 5) is 0.411. The van der Waals surface area contributed by atoms with Crippen molar-refractivity contribution in [3.8, 4) is 0 Å². The normalized spacial score (nSPS) is 27.2.